The summed E-state index contributed by atoms with van der Waals surface area (Å²) in [5.74, 6) is -0.870. The number of nitrogens with zero attached hydrogens (tertiary/aromatic N) is 1. The second-order valence-electron chi connectivity index (χ2n) is 8.17. The van der Waals surface area contributed by atoms with Crippen molar-refractivity contribution in [1.29, 1.82) is 0 Å². The fraction of sp³-hybridized carbons (Fsp3) is 0.111. The van der Waals surface area contributed by atoms with Gasteiger partial charge in [-0.25, -0.2) is 0 Å². The van der Waals surface area contributed by atoms with Gasteiger partial charge in [0.1, 0.15) is 0 Å². The minimum absolute atomic E-state index is 0.232. The fourth-order valence-corrected chi connectivity index (χ4v) is 4.72. The Morgan fingerprint density at radius 1 is 0.879 bits per heavy atom. The van der Waals surface area contributed by atoms with E-state index in [0.29, 0.717) is 26.9 Å². The van der Waals surface area contributed by atoms with Crippen LogP contribution in [0.25, 0.3) is 10.8 Å². The van der Waals surface area contributed by atoms with Crippen LogP contribution in [0, 0.1) is 0 Å². The number of carbonyl (C=O) groups is 2. The van der Waals surface area contributed by atoms with E-state index < -0.39 is 11.5 Å². The Hall–Kier alpha value is -3.18. The van der Waals surface area contributed by atoms with Crippen molar-refractivity contribution in [3.05, 3.63) is 112 Å². The molecule has 0 aliphatic carbocycles. The molecular weight excluding hydrogens is 457 g/mol. The topological polar surface area (TPSA) is 57.6 Å². The van der Waals surface area contributed by atoms with Gasteiger partial charge in [-0.3, -0.25) is 9.59 Å². The van der Waals surface area contributed by atoms with E-state index in [-0.39, 0.29) is 18.7 Å². The van der Waals surface area contributed by atoms with Crippen LogP contribution in [-0.2, 0) is 16.9 Å². The van der Waals surface area contributed by atoms with Gasteiger partial charge in [-0.15, -0.1) is 0 Å². The van der Waals surface area contributed by atoms with Crippen molar-refractivity contribution in [3.8, 4) is 0 Å². The SMILES string of the molecule is O=C(CC1(O)C(=O)N(Cc2ccc(Cl)cc2)c2ccc(Cl)cc21)c1cccc2ccccc12. The van der Waals surface area contributed by atoms with E-state index in [2.05, 4.69) is 0 Å². The molecule has 0 bridgehead atoms. The Morgan fingerprint density at radius 3 is 2.36 bits per heavy atom. The predicted octanol–water partition coefficient (Wildman–Crippen LogP) is 6.15. The summed E-state index contributed by atoms with van der Waals surface area (Å²) in [5, 5.41) is 14.3. The fourth-order valence-electron chi connectivity index (χ4n) is 4.42. The molecule has 5 rings (SSSR count). The Bertz CT molecular complexity index is 1400. The maximum atomic E-state index is 13.6. The first-order valence-electron chi connectivity index (χ1n) is 10.5. The predicted molar refractivity (Wildman–Crippen MR) is 131 cm³/mol. The first-order valence-corrected chi connectivity index (χ1v) is 11.2. The van der Waals surface area contributed by atoms with Crippen LogP contribution >= 0.6 is 23.2 Å². The van der Waals surface area contributed by atoms with Gasteiger partial charge in [0.25, 0.3) is 5.91 Å². The third kappa shape index (κ3) is 3.80. The molecule has 0 aromatic heterocycles. The average Bonchev–Trinajstić information content (AvgIpc) is 3.01. The van der Waals surface area contributed by atoms with Gasteiger partial charge in [0, 0.05) is 21.2 Å². The number of ketones is 1. The molecule has 1 heterocycles. The molecule has 1 atom stereocenters. The smallest absolute Gasteiger partial charge is 0.264 e. The average molecular weight is 476 g/mol. The van der Waals surface area contributed by atoms with Crippen molar-refractivity contribution in [2.45, 2.75) is 18.6 Å². The van der Waals surface area contributed by atoms with Crippen LogP contribution in [0.2, 0.25) is 10.0 Å². The molecule has 4 aromatic carbocycles. The summed E-state index contributed by atoms with van der Waals surface area (Å²) in [4.78, 5) is 28.4. The zero-order valence-electron chi connectivity index (χ0n) is 17.5. The highest BCUT2D eigenvalue weighted by molar-refractivity contribution is 6.31. The molecule has 6 heteroatoms. The van der Waals surface area contributed by atoms with Crippen LogP contribution in [-0.4, -0.2) is 16.8 Å². The van der Waals surface area contributed by atoms with E-state index in [1.165, 1.54) is 4.90 Å². The zero-order valence-corrected chi connectivity index (χ0v) is 19.0. The summed E-state index contributed by atoms with van der Waals surface area (Å²) in [6.45, 7) is 0.232. The van der Waals surface area contributed by atoms with Crippen molar-refractivity contribution in [2.24, 2.45) is 0 Å². The summed E-state index contributed by atoms with van der Waals surface area (Å²) in [7, 11) is 0. The Balaban J connectivity index is 1.53. The second kappa shape index (κ2) is 8.31. The molecule has 0 fully saturated rings. The summed E-state index contributed by atoms with van der Waals surface area (Å²) in [6, 6.07) is 25.1. The van der Waals surface area contributed by atoms with E-state index in [4.69, 9.17) is 23.2 Å². The van der Waals surface area contributed by atoms with E-state index >= 15 is 0 Å². The summed E-state index contributed by atoms with van der Waals surface area (Å²) >= 11 is 12.2. The lowest BCUT2D eigenvalue weighted by atomic mass is 9.87. The number of hydrogen-bond acceptors (Lipinski definition) is 3. The van der Waals surface area contributed by atoms with Crippen molar-refractivity contribution < 1.29 is 14.7 Å². The Morgan fingerprint density at radius 2 is 1.58 bits per heavy atom. The first-order chi connectivity index (χ1) is 15.9. The zero-order chi connectivity index (χ0) is 23.2. The molecule has 1 aliphatic heterocycles. The molecule has 1 amide bonds. The molecule has 1 unspecified atom stereocenters. The molecule has 1 N–H and O–H groups in total. The highest BCUT2D eigenvalue weighted by Gasteiger charge is 2.51. The summed E-state index contributed by atoms with van der Waals surface area (Å²) in [6.07, 6.45) is -0.385. The third-order valence-electron chi connectivity index (χ3n) is 6.05. The van der Waals surface area contributed by atoms with Gasteiger partial charge in [-0.2, -0.15) is 0 Å². The molecule has 164 valence electrons. The number of aliphatic hydroxyl groups is 1. The number of carbonyl (C=O) groups excluding carboxylic acids is 2. The molecule has 4 nitrogen and oxygen atoms in total. The molecule has 0 saturated heterocycles. The lowest BCUT2D eigenvalue weighted by molar-refractivity contribution is -0.136. The molecule has 0 saturated carbocycles. The maximum absolute atomic E-state index is 13.6. The van der Waals surface area contributed by atoms with Crippen LogP contribution < -0.4 is 4.90 Å². The van der Waals surface area contributed by atoms with Crippen molar-refractivity contribution >= 4 is 51.4 Å². The van der Waals surface area contributed by atoms with Crippen LogP contribution in [0.4, 0.5) is 5.69 Å². The molecule has 0 spiro atoms. The van der Waals surface area contributed by atoms with E-state index in [1.54, 1.807) is 42.5 Å². The first kappa shape index (κ1) is 21.7. The second-order valence-corrected chi connectivity index (χ2v) is 9.04. The molecular formula is C27H19Cl2NO3. The van der Waals surface area contributed by atoms with Crippen molar-refractivity contribution in [3.63, 3.8) is 0 Å². The van der Waals surface area contributed by atoms with Crippen molar-refractivity contribution in [2.75, 3.05) is 4.90 Å². The number of anilines is 1. The molecule has 4 aromatic rings. The highest BCUT2D eigenvalue weighted by atomic mass is 35.5. The van der Waals surface area contributed by atoms with Gasteiger partial charge in [0.2, 0.25) is 0 Å². The molecule has 1 aliphatic rings. The van der Waals surface area contributed by atoms with Gasteiger partial charge < -0.3 is 10.0 Å². The monoisotopic (exact) mass is 475 g/mol. The minimum atomic E-state index is -2.01. The van der Waals surface area contributed by atoms with Gasteiger partial charge in [-0.05, 0) is 46.7 Å². The third-order valence-corrected chi connectivity index (χ3v) is 6.54. The van der Waals surface area contributed by atoms with Crippen molar-refractivity contribution in [1.82, 2.24) is 0 Å². The number of hydrogen-bond donors (Lipinski definition) is 1. The summed E-state index contributed by atoms with van der Waals surface area (Å²) < 4.78 is 0. The van der Waals surface area contributed by atoms with E-state index in [0.717, 1.165) is 16.3 Å². The van der Waals surface area contributed by atoms with Gasteiger partial charge in [-0.1, -0.05) is 77.8 Å². The number of rotatable bonds is 5. The Labute approximate surface area is 201 Å². The van der Waals surface area contributed by atoms with Crippen LogP contribution in [0.15, 0.2) is 84.9 Å². The van der Waals surface area contributed by atoms with Gasteiger partial charge in [0.05, 0.1) is 18.7 Å². The standard InChI is InChI=1S/C27H19Cl2NO3/c28-19-10-8-17(9-11-19)16-30-24-13-12-20(29)14-23(24)27(33,26(30)32)15-25(31)22-7-3-5-18-4-1-2-6-21(18)22/h1-14,33H,15-16H2. The number of Topliss-reactive ketones (excluding diaryl/α,β-unsaturated/α-hetero) is 1. The number of amides is 1. The van der Waals surface area contributed by atoms with Crippen LogP contribution in [0.3, 0.4) is 0 Å². The normalized spacial score (nSPS) is 17.4. The summed E-state index contributed by atoms with van der Waals surface area (Å²) in [5.41, 5.74) is 0.170. The van der Waals surface area contributed by atoms with Crippen LogP contribution in [0.5, 0.6) is 0 Å². The lowest BCUT2D eigenvalue weighted by Crippen LogP contribution is -2.41. The highest BCUT2D eigenvalue weighted by Crippen LogP contribution is 2.45. The van der Waals surface area contributed by atoms with Crippen LogP contribution in [0.1, 0.15) is 27.9 Å². The molecule has 0 radical (unpaired) electrons. The number of fused-ring (bicyclic) bond motifs is 2. The Kier molecular flexibility index (Phi) is 5.45. The minimum Gasteiger partial charge on any atom is -0.375 e. The quantitative estimate of drug-likeness (QED) is 0.352. The van der Waals surface area contributed by atoms with Gasteiger partial charge in [0.15, 0.2) is 11.4 Å². The van der Waals surface area contributed by atoms with Gasteiger partial charge >= 0.3 is 0 Å². The lowest BCUT2D eigenvalue weighted by Gasteiger charge is -2.23. The maximum Gasteiger partial charge on any atom is 0.264 e. The number of benzene rings is 4. The largest absolute Gasteiger partial charge is 0.375 e. The van der Waals surface area contributed by atoms with E-state index in [9.17, 15) is 14.7 Å². The molecule has 33 heavy (non-hydrogen) atoms. The van der Waals surface area contributed by atoms with E-state index in [1.807, 2.05) is 42.5 Å². The number of halogens is 2.